The van der Waals surface area contributed by atoms with Gasteiger partial charge in [0, 0.05) is 29.6 Å². The SMILES string of the molecule is Cl.O=C1NCc2cc(-c3nc4ccccc4[nH]3)cc(-c3ccc[nH]3)c21. The summed E-state index contributed by atoms with van der Waals surface area (Å²) in [5.41, 5.74) is 6.50. The third-order valence-electron chi connectivity index (χ3n) is 4.44. The molecule has 3 heterocycles. The second-order valence-electron chi connectivity index (χ2n) is 5.93. The fraction of sp³-hybridized carbons (Fsp3) is 0.0526. The van der Waals surface area contributed by atoms with Crippen molar-refractivity contribution >= 4 is 29.3 Å². The number of nitrogens with zero attached hydrogens (tertiary/aromatic N) is 1. The smallest absolute Gasteiger partial charge is 0.252 e. The van der Waals surface area contributed by atoms with E-state index in [0.29, 0.717) is 6.54 Å². The maximum atomic E-state index is 12.2. The molecule has 3 N–H and O–H groups in total. The Morgan fingerprint density at radius 3 is 2.72 bits per heavy atom. The quantitative estimate of drug-likeness (QED) is 0.513. The third-order valence-corrected chi connectivity index (χ3v) is 4.44. The van der Waals surface area contributed by atoms with Gasteiger partial charge in [-0.1, -0.05) is 12.1 Å². The van der Waals surface area contributed by atoms with Gasteiger partial charge in [0.2, 0.25) is 0 Å². The van der Waals surface area contributed by atoms with Crippen LogP contribution < -0.4 is 5.32 Å². The van der Waals surface area contributed by atoms with Gasteiger partial charge in [0.15, 0.2) is 0 Å². The van der Waals surface area contributed by atoms with Crippen LogP contribution in [0.2, 0.25) is 0 Å². The van der Waals surface area contributed by atoms with E-state index in [9.17, 15) is 4.79 Å². The number of halogens is 1. The van der Waals surface area contributed by atoms with Gasteiger partial charge < -0.3 is 15.3 Å². The first-order valence-corrected chi connectivity index (χ1v) is 7.83. The Balaban J connectivity index is 0.00000157. The molecule has 124 valence electrons. The number of aromatic amines is 2. The van der Waals surface area contributed by atoms with Crippen molar-refractivity contribution in [2.45, 2.75) is 6.54 Å². The zero-order chi connectivity index (χ0) is 16.1. The van der Waals surface area contributed by atoms with E-state index in [1.807, 2.05) is 54.7 Å². The lowest BCUT2D eigenvalue weighted by atomic mass is 9.97. The van der Waals surface area contributed by atoms with Crippen LogP contribution in [-0.2, 0) is 6.54 Å². The molecule has 0 radical (unpaired) electrons. The van der Waals surface area contributed by atoms with Crippen LogP contribution in [-0.4, -0.2) is 20.9 Å². The van der Waals surface area contributed by atoms with Crippen LogP contribution in [0, 0.1) is 0 Å². The normalized spacial score (nSPS) is 12.7. The predicted molar refractivity (Wildman–Crippen MR) is 99.7 cm³/mol. The molecular weight excluding hydrogens is 336 g/mol. The molecule has 1 aliphatic rings. The first-order valence-electron chi connectivity index (χ1n) is 7.83. The Hall–Kier alpha value is -3.05. The Kier molecular flexibility index (Phi) is 3.58. The van der Waals surface area contributed by atoms with E-state index in [-0.39, 0.29) is 18.3 Å². The zero-order valence-corrected chi connectivity index (χ0v) is 14.0. The molecule has 0 saturated carbocycles. The maximum absolute atomic E-state index is 12.2. The Bertz CT molecular complexity index is 1050. The fourth-order valence-corrected chi connectivity index (χ4v) is 3.31. The number of H-pyrrole nitrogens is 2. The van der Waals surface area contributed by atoms with Gasteiger partial charge in [-0.3, -0.25) is 4.79 Å². The van der Waals surface area contributed by atoms with E-state index in [4.69, 9.17) is 0 Å². The molecule has 2 aromatic heterocycles. The average Bonchev–Trinajstić information content (AvgIpc) is 3.33. The van der Waals surface area contributed by atoms with Crippen LogP contribution in [0.15, 0.2) is 54.7 Å². The molecule has 25 heavy (non-hydrogen) atoms. The van der Waals surface area contributed by atoms with Gasteiger partial charge in [-0.05, 0) is 42.0 Å². The lowest BCUT2D eigenvalue weighted by Crippen LogP contribution is -2.13. The van der Waals surface area contributed by atoms with Gasteiger partial charge in [-0.15, -0.1) is 12.4 Å². The first kappa shape index (κ1) is 15.5. The van der Waals surface area contributed by atoms with Crippen molar-refractivity contribution in [2.24, 2.45) is 0 Å². The monoisotopic (exact) mass is 350 g/mol. The highest BCUT2D eigenvalue weighted by Crippen LogP contribution is 2.33. The molecule has 1 aliphatic heterocycles. The molecule has 1 amide bonds. The van der Waals surface area contributed by atoms with Crippen LogP contribution in [0.5, 0.6) is 0 Å². The summed E-state index contributed by atoms with van der Waals surface area (Å²) in [4.78, 5) is 23.5. The van der Waals surface area contributed by atoms with Crippen molar-refractivity contribution in [2.75, 3.05) is 0 Å². The molecule has 5 rings (SSSR count). The van der Waals surface area contributed by atoms with E-state index in [1.54, 1.807) is 0 Å². The third kappa shape index (κ3) is 2.40. The minimum absolute atomic E-state index is 0. The highest BCUT2D eigenvalue weighted by Gasteiger charge is 2.25. The van der Waals surface area contributed by atoms with Gasteiger partial charge in [0.25, 0.3) is 5.91 Å². The van der Waals surface area contributed by atoms with E-state index >= 15 is 0 Å². The van der Waals surface area contributed by atoms with Crippen molar-refractivity contribution in [3.63, 3.8) is 0 Å². The minimum Gasteiger partial charge on any atom is -0.361 e. The highest BCUT2D eigenvalue weighted by atomic mass is 35.5. The number of aromatic nitrogens is 3. The summed E-state index contributed by atoms with van der Waals surface area (Å²) in [5, 5.41) is 2.91. The standard InChI is InChI=1S/C19H14N4O.ClH/c24-19-17-12(10-21-19)8-11(9-13(17)14-6-3-7-20-14)18-22-15-4-1-2-5-16(15)23-18;/h1-9,20H,10H2,(H,21,24)(H,22,23);1H. The van der Waals surface area contributed by atoms with Crippen molar-refractivity contribution in [1.29, 1.82) is 0 Å². The number of nitrogens with one attached hydrogen (secondary N) is 3. The summed E-state index contributed by atoms with van der Waals surface area (Å²) in [7, 11) is 0. The number of para-hydroxylation sites is 2. The largest absolute Gasteiger partial charge is 0.361 e. The first-order chi connectivity index (χ1) is 11.8. The van der Waals surface area contributed by atoms with Gasteiger partial charge in [-0.2, -0.15) is 0 Å². The van der Waals surface area contributed by atoms with Crippen LogP contribution in [0.4, 0.5) is 0 Å². The minimum atomic E-state index is -0.0224. The molecule has 0 bridgehead atoms. The van der Waals surface area contributed by atoms with E-state index in [1.165, 1.54) is 0 Å². The number of carbonyl (C=O) groups excluding carboxylic acids is 1. The van der Waals surface area contributed by atoms with E-state index < -0.39 is 0 Å². The van der Waals surface area contributed by atoms with Crippen LogP contribution in [0.1, 0.15) is 15.9 Å². The van der Waals surface area contributed by atoms with Crippen LogP contribution in [0.25, 0.3) is 33.7 Å². The predicted octanol–water partition coefficient (Wildman–Crippen LogP) is 3.89. The molecule has 0 atom stereocenters. The lowest BCUT2D eigenvalue weighted by molar-refractivity contribution is 0.0966. The van der Waals surface area contributed by atoms with Crippen molar-refractivity contribution in [1.82, 2.24) is 20.3 Å². The number of carbonyl (C=O) groups is 1. The van der Waals surface area contributed by atoms with Crippen molar-refractivity contribution < 1.29 is 4.79 Å². The van der Waals surface area contributed by atoms with Crippen LogP contribution in [0.3, 0.4) is 0 Å². The summed E-state index contributed by atoms with van der Waals surface area (Å²) in [5.74, 6) is 0.789. The molecule has 0 unspecified atom stereocenters. The molecule has 0 aliphatic carbocycles. The van der Waals surface area contributed by atoms with Crippen molar-refractivity contribution in [3.05, 3.63) is 65.9 Å². The second-order valence-corrected chi connectivity index (χ2v) is 5.93. The van der Waals surface area contributed by atoms with Gasteiger partial charge >= 0.3 is 0 Å². The summed E-state index contributed by atoms with van der Waals surface area (Å²) in [6, 6.07) is 15.9. The molecular formula is C19H15ClN4O. The number of hydrogen-bond acceptors (Lipinski definition) is 2. The summed E-state index contributed by atoms with van der Waals surface area (Å²) >= 11 is 0. The molecule has 6 heteroatoms. The van der Waals surface area contributed by atoms with Gasteiger partial charge in [0.1, 0.15) is 5.82 Å². The second kappa shape index (κ2) is 5.79. The Morgan fingerprint density at radius 1 is 1.04 bits per heavy atom. The van der Waals surface area contributed by atoms with Gasteiger partial charge in [-0.25, -0.2) is 4.98 Å². The molecule has 0 saturated heterocycles. The molecule has 0 fully saturated rings. The summed E-state index contributed by atoms with van der Waals surface area (Å²) < 4.78 is 0. The highest BCUT2D eigenvalue weighted by molar-refractivity contribution is 6.05. The van der Waals surface area contributed by atoms with Gasteiger partial charge in [0.05, 0.1) is 16.6 Å². The average molecular weight is 351 g/mol. The summed E-state index contributed by atoms with van der Waals surface area (Å²) in [6.45, 7) is 0.552. The zero-order valence-electron chi connectivity index (χ0n) is 13.2. The molecule has 2 aromatic carbocycles. The topological polar surface area (TPSA) is 73.6 Å². The van der Waals surface area contributed by atoms with E-state index in [0.717, 1.165) is 44.8 Å². The number of fused-ring (bicyclic) bond motifs is 2. The molecule has 5 nitrogen and oxygen atoms in total. The molecule has 4 aromatic rings. The fourth-order valence-electron chi connectivity index (χ4n) is 3.31. The number of rotatable bonds is 2. The van der Waals surface area contributed by atoms with E-state index in [2.05, 4.69) is 20.3 Å². The van der Waals surface area contributed by atoms with Crippen LogP contribution >= 0.6 is 12.4 Å². The lowest BCUT2D eigenvalue weighted by Gasteiger charge is -2.08. The molecule has 0 spiro atoms. The number of imidazole rings is 1. The number of hydrogen-bond donors (Lipinski definition) is 3. The summed E-state index contributed by atoms with van der Waals surface area (Å²) in [6.07, 6.45) is 1.86. The van der Waals surface area contributed by atoms with Crippen molar-refractivity contribution in [3.8, 4) is 22.6 Å². The Morgan fingerprint density at radius 2 is 1.92 bits per heavy atom. The maximum Gasteiger partial charge on any atom is 0.252 e. The Labute approximate surface area is 149 Å². The number of benzene rings is 2. The number of amides is 1.